The molecule has 132 valence electrons. The Bertz CT molecular complexity index is 764. The third-order valence-corrected chi connectivity index (χ3v) is 5.06. The number of rotatable bonds is 2. The van der Waals surface area contributed by atoms with Gasteiger partial charge in [-0.15, -0.1) is 0 Å². The van der Waals surface area contributed by atoms with Gasteiger partial charge in [0.1, 0.15) is 0 Å². The summed E-state index contributed by atoms with van der Waals surface area (Å²) in [6.45, 7) is 3.64. The van der Waals surface area contributed by atoms with E-state index in [1.807, 2.05) is 4.90 Å². The standard InChI is InChI=1S/C16H19FN6O2/c1-9-21-15(25-22-9)13-8-18-14(24)12-3-5-23(4-2-11(12)13)16-19-6-10(17)7-20-16/h6-7,11-13H,2-5,8H2,1H3,(H,18,24)/t11-,12+,13-/m1/s1. The van der Waals surface area contributed by atoms with Crippen molar-refractivity contribution in [1.29, 1.82) is 0 Å². The van der Waals surface area contributed by atoms with E-state index in [1.165, 1.54) is 0 Å². The fraction of sp³-hybridized carbons (Fsp3) is 0.562. The first-order valence-corrected chi connectivity index (χ1v) is 8.42. The third kappa shape index (κ3) is 3.06. The predicted octanol–water partition coefficient (Wildman–Crippen LogP) is 1.05. The second-order valence-electron chi connectivity index (χ2n) is 6.57. The van der Waals surface area contributed by atoms with Crippen LogP contribution in [0.15, 0.2) is 16.9 Å². The van der Waals surface area contributed by atoms with Crippen molar-refractivity contribution in [1.82, 2.24) is 25.4 Å². The number of piperidine rings is 1. The summed E-state index contributed by atoms with van der Waals surface area (Å²) in [7, 11) is 0. The van der Waals surface area contributed by atoms with Gasteiger partial charge < -0.3 is 14.7 Å². The fourth-order valence-corrected chi connectivity index (χ4v) is 3.83. The minimum atomic E-state index is -0.460. The molecule has 0 bridgehead atoms. The number of fused-ring (bicyclic) bond motifs is 1. The van der Waals surface area contributed by atoms with Gasteiger partial charge in [-0.25, -0.2) is 14.4 Å². The largest absolute Gasteiger partial charge is 0.355 e. The summed E-state index contributed by atoms with van der Waals surface area (Å²) in [4.78, 5) is 26.9. The van der Waals surface area contributed by atoms with Crippen LogP contribution in [0.3, 0.4) is 0 Å². The van der Waals surface area contributed by atoms with Crippen molar-refractivity contribution >= 4 is 11.9 Å². The maximum absolute atomic E-state index is 13.0. The molecule has 0 spiro atoms. The van der Waals surface area contributed by atoms with Gasteiger partial charge in [0.15, 0.2) is 11.6 Å². The lowest BCUT2D eigenvalue weighted by molar-refractivity contribution is -0.129. The minimum absolute atomic E-state index is 0.0120. The number of halogens is 1. The zero-order valence-corrected chi connectivity index (χ0v) is 13.9. The lowest BCUT2D eigenvalue weighted by atomic mass is 9.75. The van der Waals surface area contributed by atoms with Crippen LogP contribution in [-0.4, -0.2) is 45.7 Å². The minimum Gasteiger partial charge on any atom is -0.355 e. The summed E-state index contributed by atoms with van der Waals surface area (Å²) in [6.07, 6.45) is 3.79. The molecule has 1 amide bonds. The van der Waals surface area contributed by atoms with Gasteiger partial charge in [0.05, 0.1) is 18.3 Å². The van der Waals surface area contributed by atoms with Crippen molar-refractivity contribution in [2.45, 2.75) is 25.7 Å². The van der Waals surface area contributed by atoms with Crippen LogP contribution in [0.1, 0.15) is 30.5 Å². The lowest BCUT2D eigenvalue weighted by Crippen LogP contribution is -2.46. The van der Waals surface area contributed by atoms with Crippen LogP contribution in [0.2, 0.25) is 0 Å². The number of nitrogens with zero attached hydrogens (tertiary/aromatic N) is 5. The zero-order valence-electron chi connectivity index (χ0n) is 13.9. The van der Waals surface area contributed by atoms with Crippen LogP contribution in [0.5, 0.6) is 0 Å². The number of nitrogens with one attached hydrogen (secondary N) is 1. The zero-order chi connectivity index (χ0) is 17.4. The second-order valence-corrected chi connectivity index (χ2v) is 6.57. The Labute approximate surface area is 143 Å². The number of hydrogen-bond donors (Lipinski definition) is 1. The monoisotopic (exact) mass is 346 g/mol. The summed E-state index contributed by atoms with van der Waals surface area (Å²) in [5.41, 5.74) is 0. The average Bonchev–Trinajstić information content (AvgIpc) is 2.90. The van der Waals surface area contributed by atoms with Crippen molar-refractivity contribution in [2.75, 3.05) is 24.5 Å². The molecule has 0 aliphatic carbocycles. The average molecular weight is 346 g/mol. The Morgan fingerprint density at radius 1 is 1.24 bits per heavy atom. The highest BCUT2D eigenvalue weighted by Crippen LogP contribution is 2.38. The molecular weight excluding hydrogens is 327 g/mol. The van der Waals surface area contributed by atoms with Gasteiger partial charge in [0.2, 0.25) is 17.7 Å². The molecular formula is C16H19FN6O2. The highest BCUT2D eigenvalue weighted by Gasteiger charge is 2.43. The van der Waals surface area contributed by atoms with Gasteiger partial charge >= 0.3 is 0 Å². The van der Waals surface area contributed by atoms with Crippen LogP contribution in [0.4, 0.5) is 10.3 Å². The molecule has 0 radical (unpaired) electrons. The molecule has 3 atom stereocenters. The molecule has 0 saturated carbocycles. The van der Waals surface area contributed by atoms with Gasteiger partial charge in [-0.3, -0.25) is 4.79 Å². The molecule has 2 aromatic rings. The molecule has 2 aromatic heterocycles. The Balaban J connectivity index is 1.56. The summed E-state index contributed by atoms with van der Waals surface area (Å²) in [5, 5.41) is 6.84. The van der Waals surface area contributed by atoms with E-state index in [0.29, 0.717) is 43.7 Å². The van der Waals surface area contributed by atoms with E-state index < -0.39 is 5.82 Å². The van der Waals surface area contributed by atoms with Gasteiger partial charge in [0, 0.05) is 25.6 Å². The van der Waals surface area contributed by atoms with Gasteiger partial charge in [0.25, 0.3) is 0 Å². The number of carbonyl (C=O) groups is 1. The first kappa shape index (κ1) is 15.9. The molecule has 2 aliphatic rings. The van der Waals surface area contributed by atoms with Gasteiger partial charge in [-0.2, -0.15) is 4.98 Å². The van der Waals surface area contributed by atoms with Crippen LogP contribution < -0.4 is 10.2 Å². The molecule has 2 saturated heterocycles. The van der Waals surface area contributed by atoms with E-state index in [-0.39, 0.29) is 23.7 Å². The normalized spacial score (nSPS) is 26.7. The maximum Gasteiger partial charge on any atom is 0.231 e. The summed E-state index contributed by atoms with van der Waals surface area (Å²) >= 11 is 0. The molecule has 9 heteroatoms. The van der Waals surface area contributed by atoms with E-state index in [0.717, 1.165) is 18.8 Å². The smallest absolute Gasteiger partial charge is 0.231 e. The fourth-order valence-electron chi connectivity index (χ4n) is 3.83. The molecule has 2 fully saturated rings. The van der Waals surface area contributed by atoms with E-state index in [4.69, 9.17) is 4.52 Å². The van der Waals surface area contributed by atoms with Crippen LogP contribution >= 0.6 is 0 Å². The van der Waals surface area contributed by atoms with E-state index in [1.54, 1.807) is 6.92 Å². The summed E-state index contributed by atoms with van der Waals surface area (Å²) in [6, 6.07) is 0. The Kier molecular flexibility index (Phi) is 4.06. The Morgan fingerprint density at radius 3 is 2.72 bits per heavy atom. The number of carbonyl (C=O) groups excluding carboxylic acids is 1. The number of aromatic nitrogens is 4. The van der Waals surface area contributed by atoms with Crippen molar-refractivity contribution in [2.24, 2.45) is 11.8 Å². The van der Waals surface area contributed by atoms with Crippen LogP contribution in [-0.2, 0) is 4.79 Å². The SMILES string of the molecule is Cc1noc([C@@H]2CNC(=O)[C@H]3CCN(c4ncc(F)cn4)CC[C@H]32)n1. The molecule has 0 unspecified atom stereocenters. The molecule has 1 N–H and O–H groups in total. The lowest BCUT2D eigenvalue weighted by Gasteiger charge is -2.34. The van der Waals surface area contributed by atoms with Crippen molar-refractivity contribution in [3.05, 3.63) is 29.9 Å². The number of aryl methyl sites for hydroxylation is 1. The number of amides is 1. The van der Waals surface area contributed by atoms with E-state index in [9.17, 15) is 9.18 Å². The predicted molar refractivity (Wildman–Crippen MR) is 85.2 cm³/mol. The topological polar surface area (TPSA) is 97.0 Å². The molecule has 0 aromatic carbocycles. The first-order valence-electron chi connectivity index (χ1n) is 8.42. The third-order valence-electron chi connectivity index (χ3n) is 5.06. The molecule has 4 rings (SSSR count). The summed E-state index contributed by atoms with van der Waals surface area (Å²) < 4.78 is 18.4. The molecule has 2 aliphatic heterocycles. The van der Waals surface area contributed by atoms with E-state index in [2.05, 4.69) is 25.4 Å². The number of hydrogen-bond acceptors (Lipinski definition) is 7. The van der Waals surface area contributed by atoms with Gasteiger partial charge in [-0.05, 0) is 25.7 Å². The molecule has 4 heterocycles. The maximum atomic E-state index is 13.0. The van der Waals surface area contributed by atoms with Crippen molar-refractivity contribution in [3.8, 4) is 0 Å². The van der Waals surface area contributed by atoms with Gasteiger partial charge in [-0.1, -0.05) is 5.16 Å². The van der Waals surface area contributed by atoms with E-state index >= 15 is 0 Å². The summed E-state index contributed by atoms with van der Waals surface area (Å²) in [5.74, 6) is 1.30. The van der Waals surface area contributed by atoms with Crippen LogP contribution in [0, 0.1) is 24.6 Å². The molecule has 25 heavy (non-hydrogen) atoms. The van der Waals surface area contributed by atoms with Crippen molar-refractivity contribution < 1.29 is 13.7 Å². The van der Waals surface area contributed by atoms with Crippen LogP contribution in [0.25, 0.3) is 0 Å². The Morgan fingerprint density at radius 2 is 2.00 bits per heavy atom. The van der Waals surface area contributed by atoms with Crippen molar-refractivity contribution in [3.63, 3.8) is 0 Å². The highest BCUT2D eigenvalue weighted by molar-refractivity contribution is 5.80. The Hall–Kier alpha value is -2.58. The second kappa shape index (κ2) is 6.38. The first-order chi connectivity index (χ1) is 12.1. The quantitative estimate of drug-likeness (QED) is 0.868. The highest BCUT2D eigenvalue weighted by atomic mass is 19.1. The molecule has 8 nitrogen and oxygen atoms in total. The number of anilines is 1.